The van der Waals surface area contributed by atoms with Gasteiger partial charge in [0.1, 0.15) is 0 Å². The number of aliphatic carboxylic acids is 1. The second-order valence-corrected chi connectivity index (χ2v) is 2.46. The van der Waals surface area contributed by atoms with E-state index in [0.717, 1.165) is 0 Å². The topological polar surface area (TPSA) is 43.4 Å². The van der Waals surface area contributed by atoms with Crippen molar-refractivity contribution in [1.29, 1.82) is 0 Å². The summed E-state index contributed by atoms with van der Waals surface area (Å²) >= 11 is 0. The van der Waals surface area contributed by atoms with Gasteiger partial charge in [-0.15, -0.1) is 12.4 Å². The van der Waals surface area contributed by atoms with Crippen molar-refractivity contribution in [3.8, 4) is 0 Å². The van der Waals surface area contributed by atoms with Crippen LogP contribution < -0.4 is 34.7 Å². The maximum atomic E-state index is 9.49. The van der Waals surface area contributed by atoms with Crippen LogP contribution in [0.5, 0.6) is 0 Å². The molecule has 0 atom stereocenters. The van der Waals surface area contributed by atoms with Crippen LogP contribution in [0.3, 0.4) is 0 Å². The van der Waals surface area contributed by atoms with Gasteiger partial charge in [-0.2, -0.15) is 0 Å². The summed E-state index contributed by atoms with van der Waals surface area (Å²) in [5.74, 6) is -0.961. The van der Waals surface area contributed by atoms with E-state index in [9.17, 15) is 9.90 Å². The molecule has 0 aromatic rings. The van der Waals surface area contributed by atoms with Gasteiger partial charge in [-0.25, -0.2) is 0 Å². The summed E-state index contributed by atoms with van der Waals surface area (Å²) in [6.07, 6.45) is 0.850. The zero-order valence-electron chi connectivity index (χ0n) is 8.59. The molecule has 12 heavy (non-hydrogen) atoms. The number of carbonyl (C=O) groups excluding carboxylic acids is 1. The van der Waals surface area contributed by atoms with E-state index in [2.05, 4.69) is 0 Å². The molecule has 0 N–H and O–H groups in total. The predicted octanol–water partition coefficient (Wildman–Crippen LogP) is -2.86. The molecule has 0 aromatic heterocycles. The zero-order valence-corrected chi connectivity index (χ0v) is 11.4. The van der Waals surface area contributed by atoms with Crippen LogP contribution in [0.25, 0.3) is 0 Å². The second-order valence-electron chi connectivity index (χ2n) is 2.46. The molecule has 0 saturated heterocycles. The van der Waals surface area contributed by atoms with Gasteiger partial charge in [0.25, 0.3) is 0 Å². The summed E-state index contributed by atoms with van der Waals surface area (Å²) in [5.41, 5.74) is 0. The van der Waals surface area contributed by atoms with E-state index in [1.807, 2.05) is 26.0 Å². The predicted molar refractivity (Wildman–Crippen MR) is 46.8 cm³/mol. The van der Waals surface area contributed by atoms with E-state index in [-0.39, 0.29) is 48.4 Å². The van der Waals surface area contributed by atoms with Gasteiger partial charge >= 0.3 is 29.6 Å². The first-order valence-corrected chi connectivity index (χ1v) is 3.31. The maximum Gasteiger partial charge on any atom is 1.00 e. The number of carboxylic acids is 1. The third-order valence-corrected chi connectivity index (χ3v) is 0.454. The minimum atomic E-state index is -0.961. The first-order chi connectivity index (χ1) is 4.50. The van der Waals surface area contributed by atoms with Crippen molar-refractivity contribution in [2.75, 3.05) is 21.1 Å². The van der Waals surface area contributed by atoms with Crippen LogP contribution in [0.4, 0.5) is 0 Å². The van der Waals surface area contributed by atoms with E-state index in [1.54, 1.807) is 6.92 Å². The number of hydrogen-bond donors (Lipinski definition) is 0. The average Bonchev–Trinajstić information content (AvgIpc) is 1.62. The molecule has 0 aliphatic rings. The molecule has 0 radical (unpaired) electrons. The Morgan fingerprint density at radius 2 is 1.58 bits per heavy atom. The van der Waals surface area contributed by atoms with Crippen LogP contribution in [0, 0.1) is 0 Å². The first kappa shape index (κ1) is 23.0. The molecule has 0 saturated carbocycles. The number of nitrogens with zero attached hydrogens (tertiary/aromatic N) is 1. The van der Waals surface area contributed by atoms with Gasteiger partial charge in [-0.3, -0.25) is 0 Å². The van der Waals surface area contributed by atoms with E-state index in [1.165, 1.54) is 0 Å². The zero-order chi connectivity index (χ0) is 8.57. The molecule has 0 unspecified atom stereocenters. The normalized spacial score (nSPS) is 7.08. The Labute approximate surface area is 103 Å². The Morgan fingerprint density at radius 3 is 1.58 bits per heavy atom. The van der Waals surface area contributed by atoms with Gasteiger partial charge in [0.2, 0.25) is 0 Å². The average molecular weight is 206 g/mol. The maximum absolute atomic E-state index is 9.49. The number of rotatable bonds is 2. The Morgan fingerprint density at radius 1 is 1.33 bits per heavy atom. The molecule has 70 valence electrons. The van der Waals surface area contributed by atoms with E-state index < -0.39 is 5.97 Å². The molecule has 0 aromatic carbocycles. The molecule has 0 bridgehead atoms. The van der Waals surface area contributed by atoms with Crippen molar-refractivity contribution in [2.24, 2.45) is 0 Å². The Hall–Kier alpha value is 0.720. The molecule has 0 amide bonds. The molecule has 0 aliphatic carbocycles. The van der Waals surface area contributed by atoms with Crippen LogP contribution in [0.15, 0.2) is 0 Å². The van der Waals surface area contributed by atoms with Crippen LogP contribution >= 0.6 is 12.4 Å². The van der Waals surface area contributed by atoms with Crippen molar-refractivity contribution in [3.63, 3.8) is 0 Å². The molecule has 5 heteroatoms. The molecule has 0 spiro atoms. The molecule has 0 heterocycles. The van der Waals surface area contributed by atoms with E-state index >= 15 is 0 Å². The summed E-state index contributed by atoms with van der Waals surface area (Å²) in [6.45, 7) is 1.80. The fraction of sp³-hybridized carbons (Fsp3) is 0.857. The summed E-state index contributed by atoms with van der Waals surface area (Å²) < 4.78 is 0. The molecule has 0 fully saturated rings. The summed E-state index contributed by atoms with van der Waals surface area (Å²) in [6, 6.07) is 0. The third-order valence-electron chi connectivity index (χ3n) is 0.454. The molecule has 0 aliphatic heterocycles. The summed E-state index contributed by atoms with van der Waals surface area (Å²) in [7, 11) is 6.00. The Balaban J connectivity index is -0.0000000483. The van der Waals surface area contributed by atoms with E-state index in [4.69, 9.17) is 0 Å². The van der Waals surface area contributed by atoms with Crippen LogP contribution in [0.2, 0.25) is 0 Å². The first-order valence-electron chi connectivity index (χ1n) is 3.31. The molecular weight excluding hydrogens is 189 g/mol. The van der Waals surface area contributed by atoms with Crippen LogP contribution in [-0.4, -0.2) is 32.0 Å². The van der Waals surface area contributed by atoms with Crippen molar-refractivity contribution < 1.29 is 39.5 Å². The number of halogens is 1. The van der Waals surface area contributed by atoms with Crippen molar-refractivity contribution in [2.45, 2.75) is 19.8 Å². The molecule has 0 rings (SSSR count). The van der Waals surface area contributed by atoms with Gasteiger partial charge in [-0.05, 0) is 27.6 Å². The standard InChI is InChI=1S/C4H8O2.C3H9N.ClH.Na/c1-2-3-4(5)6;1-4(2)3;;/h2-3H2,1H3,(H,5,6);1-3H3;1H;/q;;;+1/p-1. The van der Waals surface area contributed by atoms with Gasteiger partial charge in [0.15, 0.2) is 0 Å². The monoisotopic (exact) mass is 205 g/mol. The van der Waals surface area contributed by atoms with Crippen LogP contribution in [-0.2, 0) is 4.79 Å². The van der Waals surface area contributed by atoms with Gasteiger partial charge < -0.3 is 14.8 Å². The minimum Gasteiger partial charge on any atom is -0.550 e. The van der Waals surface area contributed by atoms with Gasteiger partial charge in [-0.1, -0.05) is 13.3 Å². The minimum absolute atomic E-state index is 0. The smallest absolute Gasteiger partial charge is 0.550 e. The third kappa shape index (κ3) is 73.2. The quantitative estimate of drug-likeness (QED) is 0.456. The fourth-order valence-electron chi connectivity index (χ4n) is 0.204. The van der Waals surface area contributed by atoms with Crippen molar-refractivity contribution in [1.82, 2.24) is 4.90 Å². The number of hydrogen-bond acceptors (Lipinski definition) is 3. The van der Waals surface area contributed by atoms with Gasteiger partial charge in [0.05, 0.1) is 0 Å². The van der Waals surface area contributed by atoms with Gasteiger partial charge in [0, 0.05) is 5.97 Å². The molecule has 3 nitrogen and oxygen atoms in total. The van der Waals surface area contributed by atoms with Crippen molar-refractivity contribution >= 4 is 18.4 Å². The number of carbonyl (C=O) groups is 1. The van der Waals surface area contributed by atoms with Crippen molar-refractivity contribution in [3.05, 3.63) is 0 Å². The van der Waals surface area contributed by atoms with E-state index in [0.29, 0.717) is 6.42 Å². The fourth-order valence-corrected chi connectivity index (χ4v) is 0.204. The summed E-state index contributed by atoms with van der Waals surface area (Å²) in [4.78, 5) is 11.5. The number of carboxylic acid groups (broad SMARTS) is 1. The SMILES string of the molecule is CCCC(=O)[O-].CN(C)C.Cl.[Na+]. The Kier molecular flexibility index (Phi) is 33.9. The largest absolute Gasteiger partial charge is 1.00 e. The van der Waals surface area contributed by atoms with Crippen LogP contribution in [0.1, 0.15) is 19.8 Å². The Bertz CT molecular complexity index is 88.7. The molecular formula is C7H17ClNNaO2. The summed E-state index contributed by atoms with van der Waals surface area (Å²) in [5, 5.41) is 9.49. The second kappa shape index (κ2) is 17.7.